The summed E-state index contributed by atoms with van der Waals surface area (Å²) in [4.78, 5) is 32.2. The maximum Gasteiger partial charge on any atom is 0.338 e. The van der Waals surface area contributed by atoms with Gasteiger partial charge in [0.25, 0.3) is 5.56 Å². The van der Waals surface area contributed by atoms with Gasteiger partial charge in [-0.05, 0) is 76.1 Å². The van der Waals surface area contributed by atoms with Crippen LogP contribution in [0.15, 0.2) is 63.5 Å². The average Bonchev–Trinajstić information content (AvgIpc) is 3.18. The number of fused-ring (bicyclic) bond motifs is 1. The van der Waals surface area contributed by atoms with Crippen LogP contribution in [-0.2, 0) is 9.53 Å². The van der Waals surface area contributed by atoms with E-state index in [0.717, 1.165) is 11.1 Å². The Kier molecular flexibility index (Phi) is 8.36. The van der Waals surface area contributed by atoms with E-state index in [1.807, 2.05) is 56.3 Å². The Balaban J connectivity index is 1.88. The Morgan fingerprint density at radius 3 is 2.42 bits per heavy atom. The van der Waals surface area contributed by atoms with Crippen molar-refractivity contribution in [3.63, 3.8) is 0 Å². The van der Waals surface area contributed by atoms with E-state index in [4.69, 9.17) is 18.9 Å². The molecular weight excluding hydrogens is 504 g/mol. The van der Waals surface area contributed by atoms with Gasteiger partial charge in [0.2, 0.25) is 0 Å². The summed E-state index contributed by atoms with van der Waals surface area (Å²) in [5.74, 6) is 1.43. The number of allylic oxidation sites excluding steroid dienone is 1. The van der Waals surface area contributed by atoms with Crippen LogP contribution in [0.1, 0.15) is 51.8 Å². The topological polar surface area (TPSA) is 88.4 Å². The molecule has 1 aliphatic heterocycles. The van der Waals surface area contributed by atoms with E-state index in [9.17, 15) is 9.59 Å². The van der Waals surface area contributed by atoms with Gasteiger partial charge in [-0.2, -0.15) is 0 Å². The minimum absolute atomic E-state index is 0.247. The Hall–Kier alpha value is -3.85. The molecule has 200 valence electrons. The maximum absolute atomic E-state index is 13.8. The quantitative estimate of drug-likeness (QED) is 0.384. The molecule has 0 aliphatic carbocycles. The monoisotopic (exact) mass is 536 g/mol. The molecule has 38 heavy (non-hydrogen) atoms. The summed E-state index contributed by atoms with van der Waals surface area (Å²) in [6.07, 6.45) is 1.48. The lowest BCUT2D eigenvalue weighted by molar-refractivity contribution is -0.143. The molecule has 2 aromatic carbocycles. The molecule has 0 saturated heterocycles. The molecule has 0 bridgehead atoms. The summed E-state index contributed by atoms with van der Waals surface area (Å²) in [7, 11) is 1.58. The van der Waals surface area contributed by atoms with Crippen LogP contribution in [0.3, 0.4) is 0 Å². The molecule has 1 aromatic heterocycles. The maximum atomic E-state index is 13.8. The van der Waals surface area contributed by atoms with E-state index in [2.05, 4.69) is 4.99 Å². The normalized spacial score (nSPS) is 15.2. The molecule has 0 saturated carbocycles. The van der Waals surface area contributed by atoms with Crippen molar-refractivity contribution < 1.29 is 23.7 Å². The van der Waals surface area contributed by atoms with Crippen molar-refractivity contribution in [1.29, 1.82) is 0 Å². The predicted octanol–water partition coefficient (Wildman–Crippen LogP) is 3.99. The standard InChI is InChI=1S/C29H32N2O6S/c1-7-35-21-12-10-20(11-13-21)26-25(28(33)37-17(3)4)18(5)30-29-31(26)27(32)24(38-29)16-19-9-14-22(36-8-2)23(15-19)34-6/h9-17,26H,7-8H2,1-6H3/b24-16+/t26-/m1/s1. The second kappa shape index (κ2) is 11.7. The highest BCUT2D eigenvalue weighted by Crippen LogP contribution is 2.32. The second-order valence-electron chi connectivity index (χ2n) is 8.88. The van der Waals surface area contributed by atoms with E-state index < -0.39 is 12.0 Å². The first-order valence-electron chi connectivity index (χ1n) is 12.5. The third-order valence-electron chi connectivity index (χ3n) is 5.88. The lowest BCUT2D eigenvalue weighted by Crippen LogP contribution is -2.40. The predicted molar refractivity (Wildman–Crippen MR) is 147 cm³/mol. The fraction of sp³-hybridized carbons (Fsp3) is 0.345. The average molecular weight is 537 g/mol. The van der Waals surface area contributed by atoms with E-state index in [0.29, 0.717) is 51.1 Å². The van der Waals surface area contributed by atoms with Crippen molar-refractivity contribution in [3.05, 3.63) is 84.5 Å². The third-order valence-corrected chi connectivity index (χ3v) is 6.86. The number of rotatable bonds is 9. The van der Waals surface area contributed by atoms with Crippen molar-refractivity contribution >= 4 is 23.4 Å². The Morgan fingerprint density at radius 1 is 1.08 bits per heavy atom. The summed E-state index contributed by atoms with van der Waals surface area (Å²) in [5.41, 5.74) is 2.15. The fourth-order valence-electron chi connectivity index (χ4n) is 4.29. The molecule has 0 N–H and O–H groups in total. The second-order valence-corrected chi connectivity index (χ2v) is 9.89. The van der Waals surface area contributed by atoms with Gasteiger partial charge in [-0.1, -0.05) is 29.5 Å². The van der Waals surface area contributed by atoms with Crippen molar-refractivity contribution in [3.8, 4) is 17.2 Å². The number of carbonyl (C=O) groups is 1. The van der Waals surface area contributed by atoms with E-state index in [1.54, 1.807) is 38.5 Å². The number of benzene rings is 2. The molecule has 1 atom stereocenters. The van der Waals surface area contributed by atoms with Crippen LogP contribution in [0, 0.1) is 0 Å². The van der Waals surface area contributed by atoms with Gasteiger partial charge in [0.1, 0.15) is 5.75 Å². The number of carbonyl (C=O) groups excluding carboxylic acids is 1. The number of ether oxygens (including phenoxy) is 4. The Bertz CT molecular complexity index is 1530. The lowest BCUT2D eigenvalue weighted by Gasteiger charge is -2.25. The minimum Gasteiger partial charge on any atom is -0.494 e. The van der Waals surface area contributed by atoms with Crippen LogP contribution in [0.2, 0.25) is 0 Å². The largest absolute Gasteiger partial charge is 0.494 e. The summed E-state index contributed by atoms with van der Waals surface area (Å²) in [5, 5.41) is 0. The number of aromatic nitrogens is 1. The van der Waals surface area contributed by atoms with Crippen LogP contribution in [0.5, 0.6) is 17.2 Å². The number of thiazole rings is 1. The van der Waals surface area contributed by atoms with Gasteiger partial charge < -0.3 is 18.9 Å². The lowest BCUT2D eigenvalue weighted by atomic mass is 9.96. The molecule has 0 unspecified atom stereocenters. The number of hydrogen-bond donors (Lipinski definition) is 0. The smallest absolute Gasteiger partial charge is 0.338 e. The van der Waals surface area contributed by atoms with Crippen LogP contribution in [-0.4, -0.2) is 37.0 Å². The fourth-order valence-corrected chi connectivity index (χ4v) is 5.34. The molecular formula is C29H32N2O6S. The summed E-state index contributed by atoms with van der Waals surface area (Å²) < 4.78 is 24.3. The zero-order valence-corrected chi connectivity index (χ0v) is 23.3. The first kappa shape index (κ1) is 27.2. The highest BCUT2D eigenvalue weighted by atomic mass is 32.1. The first-order chi connectivity index (χ1) is 18.3. The molecule has 0 fully saturated rings. The molecule has 9 heteroatoms. The molecule has 1 aliphatic rings. The third kappa shape index (κ3) is 5.52. The number of esters is 1. The Labute approximate surface area is 225 Å². The zero-order chi connectivity index (χ0) is 27.4. The van der Waals surface area contributed by atoms with Crippen molar-refractivity contribution in [1.82, 2.24) is 4.57 Å². The van der Waals surface area contributed by atoms with Crippen LogP contribution < -0.4 is 29.1 Å². The highest BCUT2D eigenvalue weighted by Gasteiger charge is 2.33. The molecule has 4 rings (SSSR count). The summed E-state index contributed by atoms with van der Waals surface area (Å²) in [6.45, 7) is 10.2. The minimum atomic E-state index is -0.690. The van der Waals surface area contributed by atoms with Crippen LogP contribution >= 0.6 is 11.3 Å². The van der Waals surface area contributed by atoms with Gasteiger partial charge in [-0.15, -0.1) is 0 Å². The molecule has 0 amide bonds. The van der Waals surface area contributed by atoms with E-state index >= 15 is 0 Å². The van der Waals surface area contributed by atoms with E-state index in [1.165, 1.54) is 11.3 Å². The first-order valence-corrected chi connectivity index (χ1v) is 13.4. The molecule has 8 nitrogen and oxygen atoms in total. The van der Waals surface area contributed by atoms with Gasteiger partial charge in [0.15, 0.2) is 16.3 Å². The Morgan fingerprint density at radius 2 is 1.79 bits per heavy atom. The van der Waals surface area contributed by atoms with Gasteiger partial charge in [-0.25, -0.2) is 9.79 Å². The van der Waals surface area contributed by atoms with Gasteiger partial charge >= 0.3 is 5.97 Å². The van der Waals surface area contributed by atoms with Gasteiger partial charge in [0.05, 0.1) is 48.3 Å². The molecule has 2 heterocycles. The molecule has 0 spiro atoms. The van der Waals surface area contributed by atoms with Gasteiger partial charge in [-0.3, -0.25) is 9.36 Å². The van der Waals surface area contributed by atoms with Crippen LogP contribution in [0.4, 0.5) is 0 Å². The van der Waals surface area contributed by atoms with E-state index in [-0.39, 0.29) is 11.7 Å². The summed E-state index contributed by atoms with van der Waals surface area (Å²) >= 11 is 1.27. The summed E-state index contributed by atoms with van der Waals surface area (Å²) in [6, 6.07) is 12.2. The molecule has 0 radical (unpaired) electrons. The zero-order valence-electron chi connectivity index (χ0n) is 22.4. The molecule has 3 aromatic rings. The van der Waals surface area contributed by atoms with Crippen molar-refractivity contribution in [2.24, 2.45) is 4.99 Å². The SMILES string of the molecule is CCOc1ccc([C@@H]2C(C(=O)OC(C)C)=C(C)N=c3s/c(=C/c4ccc(OCC)c(OC)c4)c(=O)n32)cc1. The van der Waals surface area contributed by atoms with Gasteiger partial charge in [0, 0.05) is 0 Å². The number of nitrogens with zero attached hydrogens (tertiary/aromatic N) is 2. The van der Waals surface area contributed by atoms with Crippen LogP contribution in [0.25, 0.3) is 6.08 Å². The number of methoxy groups -OCH3 is 1. The van der Waals surface area contributed by atoms with Crippen molar-refractivity contribution in [2.45, 2.75) is 46.8 Å². The highest BCUT2D eigenvalue weighted by molar-refractivity contribution is 7.07. The van der Waals surface area contributed by atoms with Crippen molar-refractivity contribution in [2.75, 3.05) is 20.3 Å². The number of hydrogen-bond acceptors (Lipinski definition) is 8.